The average molecular weight is 299 g/mol. The van der Waals surface area contributed by atoms with Crippen molar-refractivity contribution < 1.29 is 0 Å². The van der Waals surface area contributed by atoms with Crippen molar-refractivity contribution >= 4 is 14.7 Å². The fourth-order valence-electron chi connectivity index (χ4n) is 5.50. The molecule has 1 atom stereocenters. The van der Waals surface area contributed by atoms with Gasteiger partial charge in [-0.3, -0.25) is 0 Å². The van der Waals surface area contributed by atoms with Crippen LogP contribution in [0.1, 0.15) is 77.0 Å². The third kappa shape index (κ3) is 2.48. The second-order valence-corrected chi connectivity index (χ2v) is 11.5. The maximum Gasteiger partial charge on any atom is 0.371 e. The van der Waals surface area contributed by atoms with Gasteiger partial charge in [-0.25, -0.2) is 0 Å². The minimum absolute atomic E-state index is 0.824. The van der Waals surface area contributed by atoms with E-state index < -0.39 is 7.14 Å². The highest BCUT2D eigenvalue weighted by Crippen LogP contribution is 2.77. The molecular formula is C19H29BP+. The monoisotopic (exact) mass is 299 g/mol. The standard InChI is InChI=1S/C19H29BP/c20-21(17-7-3-1-4-8-17,18-9-5-2-6-10-18)19-14-15-11-12-16(19)13-15/h12,14-15,17-18H,1-11,13H2/q+1. The highest BCUT2D eigenvalue weighted by molar-refractivity contribution is 8.01. The Hall–Kier alpha value is -0.0251. The van der Waals surface area contributed by atoms with Crippen molar-refractivity contribution in [3.05, 3.63) is 23.0 Å². The smallest absolute Gasteiger partial charge is 0.0769 e. The molecule has 4 aliphatic rings. The first-order chi connectivity index (χ1) is 10.3. The molecule has 2 fully saturated rings. The van der Waals surface area contributed by atoms with Crippen molar-refractivity contribution in [2.24, 2.45) is 5.92 Å². The Morgan fingerprint density at radius 3 is 1.86 bits per heavy atom. The highest BCUT2D eigenvalue weighted by Gasteiger charge is 2.53. The van der Waals surface area contributed by atoms with E-state index in [2.05, 4.69) is 12.2 Å². The van der Waals surface area contributed by atoms with Crippen molar-refractivity contribution in [2.75, 3.05) is 0 Å². The summed E-state index contributed by atoms with van der Waals surface area (Å²) in [5, 5.41) is 1.72. The summed E-state index contributed by atoms with van der Waals surface area (Å²) in [7, 11) is 6.02. The maximum absolute atomic E-state index is 7.44. The first-order valence-electron chi connectivity index (χ1n) is 9.37. The molecule has 0 aromatic carbocycles. The van der Waals surface area contributed by atoms with Crippen LogP contribution in [0, 0.1) is 5.92 Å². The van der Waals surface area contributed by atoms with E-state index in [-0.39, 0.29) is 0 Å². The van der Waals surface area contributed by atoms with Gasteiger partial charge in [-0.05, 0) is 88.9 Å². The predicted octanol–water partition coefficient (Wildman–Crippen LogP) is 5.99. The van der Waals surface area contributed by atoms with Crippen LogP contribution >= 0.6 is 7.14 Å². The van der Waals surface area contributed by atoms with Gasteiger partial charge >= 0.3 is 7.57 Å². The second kappa shape index (κ2) is 5.88. The lowest BCUT2D eigenvalue weighted by molar-refractivity contribution is 0.484. The number of hydrogen-bond acceptors (Lipinski definition) is 0. The van der Waals surface area contributed by atoms with Gasteiger partial charge in [-0.2, -0.15) is 0 Å². The fraction of sp³-hybridized carbons (Fsp3) is 0.789. The molecule has 0 aromatic heterocycles. The molecule has 0 aromatic rings. The van der Waals surface area contributed by atoms with Gasteiger partial charge in [0, 0.05) is 0 Å². The summed E-state index contributed by atoms with van der Waals surface area (Å²) in [6.45, 7) is 0. The predicted molar refractivity (Wildman–Crippen MR) is 95.3 cm³/mol. The van der Waals surface area contributed by atoms with Crippen LogP contribution in [0.5, 0.6) is 0 Å². The zero-order valence-electron chi connectivity index (χ0n) is 13.4. The molecule has 0 heterocycles. The normalized spacial score (nSPS) is 31.3. The Kier molecular flexibility index (Phi) is 4.08. The minimum Gasteiger partial charge on any atom is -0.0769 e. The van der Waals surface area contributed by atoms with E-state index in [1.54, 1.807) is 10.9 Å². The maximum atomic E-state index is 7.44. The van der Waals surface area contributed by atoms with Crippen LogP contribution in [0.3, 0.4) is 0 Å². The van der Waals surface area contributed by atoms with Crippen LogP contribution in [-0.2, 0) is 0 Å². The SMILES string of the molecule is [B][P+](C1=CC2CC=C1C2)(C1CCCCC1)C1CCCCC1. The van der Waals surface area contributed by atoms with Gasteiger partial charge in [-0.1, -0.05) is 18.9 Å². The van der Waals surface area contributed by atoms with E-state index in [0.29, 0.717) is 0 Å². The van der Waals surface area contributed by atoms with Crippen molar-refractivity contribution in [1.82, 2.24) is 0 Å². The molecule has 2 radical (unpaired) electrons. The van der Waals surface area contributed by atoms with Gasteiger partial charge in [0.2, 0.25) is 0 Å². The molecule has 4 aliphatic carbocycles. The quantitative estimate of drug-likeness (QED) is 0.444. The Bertz CT molecular complexity index is 434. The Labute approximate surface area is 132 Å². The van der Waals surface area contributed by atoms with E-state index in [9.17, 15) is 0 Å². The van der Waals surface area contributed by atoms with Gasteiger partial charge in [0.05, 0.1) is 16.6 Å². The third-order valence-electron chi connectivity index (χ3n) is 6.65. The lowest BCUT2D eigenvalue weighted by Gasteiger charge is -2.43. The van der Waals surface area contributed by atoms with E-state index in [0.717, 1.165) is 17.2 Å². The zero-order chi connectivity index (χ0) is 14.3. The molecule has 4 rings (SSSR count). The van der Waals surface area contributed by atoms with E-state index in [1.807, 2.05) is 0 Å². The molecule has 0 amide bonds. The lowest BCUT2D eigenvalue weighted by Crippen LogP contribution is -2.29. The topological polar surface area (TPSA) is 0 Å². The summed E-state index contributed by atoms with van der Waals surface area (Å²) in [6.07, 6.45) is 22.2. The summed E-state index contributed by atoms with van der Waals surface area (Å²) in [5.74, 6) is 0.824. The number of rotatable bonds is 3. The molecule has 2 saturated carbocycles. The molecule has 0 aliphatic heterocycles. The van der Waals surface area contributed by atoms with Crippen molar-refractivity contribution in [1.29, 1.82) is 0 Å². The third-order valence-corrected chi connectivity index (χ3v) is 11.4. The number of hydrogen-bond donors (Lipinski definition) is 0. The summed E-state index contributed by atoms with van der Waals surface area (Å²) in [6, 6.07) is 0. The average Bonchev–Trinajstić information content (AvgIpc) is 3.19. The molecule has 0 saturated heterocycles. The van der Waals surface area contributed by atoms with Crippen molar-refractivity contribution in [3.63, 3.8) is 0 Å². The molecule has 1 unspecified atom stereocenters. The molecule has 112 valence electrons. The van der Waals surface area contributed by atoms with E-state index >= 15 is 0 Å². The van der Waals surface area contributed by atoms with E-state index in [1.165, 1.54) is 77.0 Å². The van der Waals surface area contributed by atoms with Gasteiger partial charge in [0.15, 0.2) is 0 Å². The van der Waals surface area contributed by atoms with Crippen molar-refractivity contribution in [3.8, 4) is 0 Å². The van der Waals surface area contributed by atoms with Gasteiger partial charge in [0.1, 0.15) is 0 Å². The zero-order valence-corrected chi connectivity index (χ0v) is 14.3. The first kappa shape index (κ1) is 14.6. The highest BCUT2D eigenvalue weighted by atomic mass is 31.2. The largest absolute Gasteiger partial charge is 0.371 e. The fourth-order valence-corrected chi connectivity index (χ4v) is 10.5. The minimum atomic E-state index is -1.42. The lowest BCUT2D eigenvalue weighted by atomic mass is 9.99. The first-order valence-corrected chi connectivity index (χ1v) is 11.4. The van der Waals surface area contributed by atoms with Crippen LogP contribution < -0.4 is 0 Å². The molecule has 0 spiro atoms. The summed E-state index contributed by atoms with van der Waals surface area (Å²) >= 11 is 0. The second-order valence-electron chi connectivity index (χ2n) is 7.90. The van der Waals surface area contributed by atoms with Crippen LogP contribution in [0.25, 0.3) is 0 Å². The van der Waals surface area contributed by atoms with Gasteiger partial charge < -0.3 is 0 Å². The van der Waals surface area contributed by atoms with Gasteiger partial charge in [0.25, 0.3) is 0 Å². The molecule has 2 bridgehead atoms. The van der Waals surface area contributed by atoms with Gasteiger partial charge in [-0.15, -0.1) is 0 Å². The Morgan fingerprint density at radius 2 is 1.43 bits per heavy atom. The summed E-state index contributed by atoms with van der Waals surface area (Å²) in [5.41, 5.74) is 3.41. The Morgan fingerprint density at radius 1 is 0.857 bits per heavy atom. The van der Waals surface area contributed by atoms with Crippen LogP contribution in [0.4, 0.5) is 0 Å². The summed E-state index contributed by atoms with van der Waals surface area (Å²) in [4.78, 5) is 0. The molecule has 0 nitrogen and oxygen atoms in total. The van der Waals surface area contributed by atoms with Crippen molar-refractivity contribution in [2.45, 2.75) is 88.4 Å². The van der Waals surface area contributed by atoms with E-state index in [4.69, 9.17) is 7.57 Å². The Balaban J connectivity index is 1.67. The van der Waals surface area contributed by atoms with Crippen LogP contribution in [-0.4, -0.2) is 18.9 Å². The number of fused-ring (bicyclic) bond motifs is 2. The number of allylic oxidation sites excluding steroid dienone is 4. The molecule has 0 N–H and O–H groups in total. The summed E-state index contributed by atoms with van der Waals surface area (Å²) < 4.78 is 0. The molecular weight excluding hydrogens is 270 g/mol. The molecule has 2 heteroatoms. The van der Waals surface area contributed by atoms with Crippen LogP contribution in [0.15, 0.2) is 23.0 Å². The molecule has 21 heavy (non-hydrogen) atoms. The van der Waals surface area contributed by atoms with Crippen LogP contribution in [0.2, 0.25) is 0 Å².